The number of nitrogens with two attached hydrogens (primary N) is 1. The van der Waals surface area contributed by atoms with E-state index in [1.165, 1.54) is 16.5 Å². The van der Waals surface area contributed by atoms with Gasteiger partial charge in [0.05, 0.1) is 0 Å². The molecule has 6 heteroatoms. The van der Waals surface area contributed by atoms with Crippen molar-refractivity contribution in [3.05, 3.63) is 41.5 Å². The van der Waals surface area contributed by atoms with E-state index in [9.17, 15) is 0 Å². The third-order valence-electron chi connectivity index (χ3n) is 2.64. The molecule has 0 fully saturated rings. The van der Waals surface area contributed by atoms with Gasteiger partial charge in [-0.3, -0.25) is 0 Å². The topological polar surface area (TPSA) is 60.2 Å². The summed E-state index contributed by atoms with van der Waals surface area (Å²) in [5.41, 5.74) is 9.38. The molecule has 0 heterocycles. The smallest absolute Gasteiger partial charge is 0.317 e. The molecule has 0 spiro atoms. The zero-order valence-corrected chi connectivity index (χ0v) is 12.3. The van der Waals surface area contributed by atoms with Crippen LogP contribution in [0.15, 0.2) is 30.3 Å². The molecule has 2 rings (SSSR count). The number of hydrogen-bond acceptors (Lipinski definition) is 3. The second kappa shape index (κ2) is 5.78. The van der Waals surface area contributed by atoms with Crippen LogP contribution in [0, 0.1) is 13.8 Å². The summed E-state index contributed by atoms with van der Waals surface area (Å²) < 4.78 is 18.3. The number of fused-ring (bicyclic) bond motifs is 1. The van der Waals surface area contributed by atoms with Gasteiger partial charge in [-0.2, -0.15) is 8.42 Å². The molecule has 2 N–H and O–H groups in total. The molecule has 0 aliphatic carbocycles. The Morgan fingerprint density at radius 3 is 2.11 bits per heavy atom. The molecule has 0 aliphatic rings. The number of benzene rings is 2. The van der Waals surface area contributed by atoms with Crippen LogP contribution in [0.1, 0.15) is 11.1 Å². The lowest BCUT2D eigenvalue weighted by molar-refractivity contribution is 0.621. The Bertz CT molecular complexity index is 661. The maximum absolute atomic E-state index is 9.16. The van der Waals surface area contributed by atoms with E-state index in [0.29, 0.717) is 0 Å². The summed E-state index contributed by atoms with van der Waals surface area (Å²) in [6.07, 6.45) is 0. The standard InChI is InChI=1S/C12H13N.Cl2O2S/c1-8-6-7-11-10(9(8)2)4-3-5-12(11)13;1-5(2,3)4/h3-7H,13H2,1-2H3;. The molecule has 0 saturated heterocycles. The van der Waals surface area contributed by atoms with Crippen LogP contribution in [0.2, 0.25) is 0 Å². The minimum Gasteiger partial charge on any atom is -0.398 e. The minimum atomic E-state index is -3.72. The number of rotatable bonds is 0. The molecular formula is C12H13Cl2NO2S. The normalized spacial score (nSPS) is 10.9. The quantitative estimate of drug-likeness (QED) is 0.595. The first-order valence-corrected chi connectivity index (χ1v) is 8.22. The predicted molar refractivity (Wildman–Crippen MR) is 78.5 cm³/mol. The largest absolute Gasteiger partial charge is 0.398 e. The van der Waals surface area contributed by atoms with E-state index in [1.54, 1.807) is 0 Å². The third kappa shape index (κ3) is 4.37. The van der Waals surface area contributed by atoms with Gasteiger partial charge < -0.3 is 5.73 Å². The molecule has 0 amide bonds. The van der Waals surface area contributed by atoms with Gasteiger partial charge in [-0.1, -0.05) is 24.3 Å². The van der Waals surface area contributed by atoms with Gasteiger partial charge in [-0.05, 0) is 36.4 Å². The maximum Gasteiger partial charge on any atom is 0.317 e. The highest BCUT2D eigenvalue weighted by Crippen LogP contribution is 2.25. The highest BCUT2D eigenvalue weighted by atomic mass is 36.0. The zero-order valence-electron chi connectivity index (χ0n) is 9.94. The number of aryl methyl sites for hydroxylation is 2. The van der Waals surface area contributed by atoms with E-state index < -0.39 is 8.26 Å². The third-order valence-corrected chi connectivity index (χ3v) is 2.64. The lowest BCUT2D eigenvalue weighted by Crippen LogP contribution is -1.89. The summed E-state index contributed by atoms with van der Waals surface area (Å²) in [4.78, 5) is 0. The van der Waals surface area contributed by atoms with E-state index in [2.05, 4.69) is 53.4 Å². The summed E-state index contributed by atoms with van der Waals surface area (Å²) in [5, 5.41) is 2.42. The van der Waals surface area contributed by atoms with Crippen LogP contribution in [-0.2, 0) is 8.26 Å². The Hall–Kier alpha value is -0.970. The molecular weight excluding hydrogens is 293 g/mol. The highest BCUT2D eigenvalue weighted by Gasteiger charge is 2.01. The first-order valence-electron chi connectivity index (χ1n) is 5.09. The van der Waals surface area contributed by atoms with Gasteiger partial charge in [0.1, 0.15) is 0 Å². The van der Waals surface area contributed by atoms with Crippen molar-refractivity contribution >= 4 is 46.1 Å². The van der Waals surface area contributed by atoms with Crippen LogP contribution in [0.4, 0.5) is 5.69 Å². The summed E-state index contributed by atoms with van der Waals surface area (Å²) >= 11 is 0. The maximum atomic E-state index is 9.16. The fourth-order valence-corrected chi connectivity index (χ4v) is 1.64. The van der Waals surface area contributed by atoms with Crippen molar-refractivity contribution in [1.82, 2.24) is 0 Å². The van der Waals surface area contributed by atoms with Crippen molar-refractivity contribution in [2.24, 2.45) is 0 Å². The molecule has 0 unspecified atom stereocenters. The molecule has 2 aromatic carbocycles. The van der Waals surface area contributed by atoms with Gasteiger partial charge in [0, 0.05) is 32.4 Å². The second-order valence-electron chi connectivity index (χ2n) is 3.83. The van der Waals surface area contributed by atoms with Crippen LogP contribution >= 0.6 is 21.4 Å². The molecule has 0 bridgehead atoms. The van der Waals surface area contributed by atoms with E-state index in [1.807, 2.05) is 12.1 Å². The molecule has 0 radical (unpaired) electrons. The van der Waals surface area contributed by atoms with Gasteiger partial charge in [0.15, 0.2) is 0 Å². The van der Waals surface area contributed by atoms with Crippen LogP contribution in [-0.4, -0.2) is 8.42 Å². The number of hydrogen-bond donors (Lipinski definition) is 1. The molecule has 98 valence electrons. The van der Waals surface area contributed by atoms with Crippen LogP contribution < -0.4 is 5.73 Å². The van der Waals surface area contributed by atoms with Crippen LogP contribution in [0.25, 0.3) is 10.8 Å². The molecule has 0 atom stereocenters. The Kier molecular flexibility index (Phi) is 4.85. The minimum absolute atomic E-state index is 0.862. The number of anilines is 1. The van der Waals surface area contributed by atoms with E-state index in [-0.39, 0.29) is 0 Å². The van der Waals surface area contributed by atoms with Crippen LogP contribution in [0.3, 0.4) is 0 Å². The van der Waals surface area contributed by atoms with Gasteiger partial charge >= 0.3 is 8.26 Å². The second-order valence-corrected chi connectivity index (χ2v) is 7.50. The fraction of sp³-hybridized carbons (Fsp3) is 0.167. The van der Waals surface area contributed by atoms with Crippen molar-refractivity contribution in [2.45, 2.75) is 13.8 Å². The lowest BCUT2D eigenvalue weighted by Gasteiger charge is -2.07. The monoisotopic (exact) mass is 305 g/mol. The van der Waals surface area contributed by atoms with E-state index >= 15 is 0 Å². The van der Waals surface area contributed by atoms with Gasteiger partial charge in [-0.15, -0.1) is 0 Å². The molecule has 0 aliphatic heterocycles. The summed E-state index contributed by atoms with van der Waals surface area (Å²) in [5.74, 6) is 0. The molecule has 18 heavy (non-hydrogen) atoms. The van der Waals surface area contributed by atoms with Gasteiger partial charge in [0.25, 0.3) is 0 Å². The first kappa shape index (κ1) is 15.1. The van der Waals surface area contributed by atoms with Crippen molar-refractivity contribution in [3.8, 4) is 0 Å². The average molecular weight is 306 g/mol. The summed E-state index contributed by atoms with van der Waals surface area (Å²) in [6, 6.07) is 10.3. The Morgan fingerprint density at radius 2 is 1.56 bits per heavy atom. The highest BCUT2D eigenvalue weighted by molar-refractivity contribution is 8.31. The van der Waals surface area contributed by atoms with E-state index in [0.717, 1.165) is 11.1 Å². The summed E-state index contributed by atoms with van der Waals surface area (Å²) in [7, 11) is 4.81. The van der Waals surface area contributed by atoms with Crippen molar-refractivity contribution in [1.29, 1.82) is 0 Å². The van der Waals surface area contributed by atoms with Crippen molar-refractivity contribution in [2.75, 3.05) is 5.73 Å². The van der Waals surface area contributed by atoms with Crippen LogP contribution in [0.5, 0.6) is 0 Å². The Morgan fingerprint density at radius 1 is 1.00 bits per heavy atom. The SMILES string of the molecule is Cc1ccc2c(N)cccc2c1C.O=S(=O)(Cl)Cl. The van der Waals surface area contributed by atoms with E-state index in [4.69, 9.17) is 14.2 Å². The predicted octanol–water partition coefficient (Wildman–Crippen LogP) is 3.75. The fourth-order valence-electron chi connectivity index (χ4n) is 1.64. The zero-order chi connectivity index (χ0) is 13.9. The number of nitrogen functional groups attached to an aromatic ring is 1. The molecule has 2 aromatic rings. The molecule has 3 nitrogen and oxygen atoms in total. The molecule has 0 aromatic heterocycles. The lowest BCUT2D eigenvalue weighted by atomic mass is 10.0. The molecule has 0 saturated carbocycles. The van der Waals surface area contributed by atoms with Crippen molar-refractivity contribution < 1.29 is 8.42 Å². The summed E-state index contributed by atoms with van der Waals surface area (Å²) in [6.45, 7) is 4.26. The van der Waals surface area contributed by atoms with Crippen molar-refractivity contribution in [3.63, 3.8) is 0 Å². The van der Waals surface area contributed by atoms with Gasteiger partial charge in [-0.25, -0.2) is 0 Å². The Balaban J connectivity index is 0.000000280. The Labute approximate surface area is 115 Å². The number of halogens is 2. The first-order chi connectivity index (χ1) is 8.20. The average Bonchev–Trinajstić information content (AvgIpc) is 2.22. The van der Waals surface area contributed by atoms with Gasteiger partial charge in [0.2, 0.25) is 0 Å².